The molecule has 0 radical (unpaired) electrons. The monoisotopic (exact) mass is 772 g/mol. The normalized spacial score (nSPS) is 13.4. The molecule has 0 saturated heterocycles. The first-order valence-electron chi connectivity index (χ1n) is 13.4. The number of alkyl halides is 18. The predicted molar refractivity (Wildman–Crippen MR) is 139 cm³/mol. The quantitative estimate of drug-likeness (QED) is 0.150. The van der Waals surface area contributed by atoms with Crippen LogP contribution >= 0.6 is 0 Å². The molecule has 22 heteroatoms. The first-order valence-corrected chi connectivity index (χ1v) is 13.4. The van der Waals surface area contributed by atoms with Crippen LogP contribution in [-0.4, -0.2) is 7.32 Å². The summed E-state index contributed by atoms with van der Waals surface area (Å²) < 4.78 is 254. The van der Waals surface area contributed by atoms with E-state index >= 15 is 0 Å². The van der Waals surface area contributed by atoms with Crippen molar-refractivity contribution in [3.8, 4) is 39.1 Å². The summed E-state index contributed by atoms with van der Waals surface area (Å²) in [6.07, 6.45) is -34.1. The highest BCUT2D eigenvalue weighted by molar-refractivity contribution is 6.30. The van der Waals surface area contributed by atoms with Gasteiger partial charge in [0.2, 0.25) is 0 Å². The van der Waals surface area contributed by atoms with Crippen molar-refractivity contribution < 1.29 is 93.7 Å². The zero-order valence-corrected chi connectivity index (χ0v) is 24.5. The van der Waals surface area contributed by atoms with Crippen LogP contribution in [0.1, 0.15) is 33.4 Å². The molecule has 0 heterocycles. The Morgan fingerprint density at radius 2 is 0.635 bits per heavy atom. The van der Waals surface area contributed by atoms with Gasteiger partial charge in [-0.1, -0.05) is 6.07 Å². The average molecular weight is 772 g/mol. The highest BCUT2D eigenvalue weighted by Crippen LogP contribution is 2.51. The van der Waals surface area contributed by atoms with Crippen LogP contribution in [-0.2, 0) is 37.1 Å². The maximum atomic E-state index is 13.9. The van der Waals surface area contributed by atoms with Gasteiger partial charge in [-0.3, -0.25) is 0 Å². The van der Waals surface area contributed by atoms with E-state index in [1.165, 1.54) is 0 Å². The van der Waals surface area contributed by atoms with Gasteiger partial charge >= 0.3 is 37.1 Å². The molecule has 0 saturated carbocycles. The molecule has 0 amide bonds. The highest BCUT2D eigenvalue weighted by Gasteiger charge is 2.41. The smallest absolute Gasteiger partial charge is 0.416 e. The SMILES string of the molecule is [O-]B([O-])Oc1ccc(-c2cc(C(F)(F)F)cc(C(F)(F)F)c2)c(-c2cc(C(F)(F)F)cc(C(F)(F)F)c2)c1-c1cc(C(F)(F)F)cc(C(F)(F)F)c1. The van der Waals surface area contributed by atoms with Crippen molar-refractivity contribution in [3.05, 3.63) is 100 Å². The van der Waals surface area contributed by atoms with Crippen LogP contribution in [0.25, 0.3) is 33.4 Å². The average Bonchev–Trinajstić information content (AvgIpc) is 2.97. The summed E-state index contributed by atoms with van der Waals surface area (Å²) in [5, 5.41) is 23.1. The zero-order chi connectivity index (χ0) is 39.6. The van der Waals surface area contributed by atoms with E-state index in [1.54, 1.807) is 0 Å². The van der Waals surface area contributed by atoms with Gasteiger partial charge in [-0.2, -0.15) is 79.0 Å². The van der Waals surface area contributed by atoms with Gasteiger partial charge in [-0.15, -0.1) is 0 Å². The van der Waals surface area contributed by atoms with E-state index in [1.807, 2.05) is 0 Å². The summed E-state index contributed by atoms with van der Waals surface area (Å²) in [4.78, 5) is 0. The van der Waals surface area contributed by atoms with Crippen molar-refractivity contribution in [2.24, 2.45) is 0 Å². The Morgan fingerprint density at radius 3 is 0.904 bits per heavy atom. The lowest BCUT2D eigenvalue weighted by atomic mass is 9.84. The molecular weight excluding hydrogens is 761 g/mol. The van der Waals surface area contributed by atoms with Crippen molar-refractivity contribution in [1.29, 1.82) is 0 Å². The fraction of sp³-hybridized carbons (Fsp3) is 0.200. The van der Waals surface area contributed by atoms with E-state index in [4.69, 9.17) is 0 Å². The van der Waals surface area contributed by atoms with Gasteiger partial charge in [0, 0.05) is 11.1 Å². The van der Waals surface area contributed by atoms with E-state index in [0.29, 0.717) is 6.07 Å². The largest absolute Gasteiger partial charge is 0.860 e. The van der Waals surface area contributed by atoms with Crippen LogP contribution in [0.3, 0.4) is 0 Å². The summed E-state index contributed by atoms with van der Waals surface area (Å²) in [6, 6.07) is -1.86. The van der Waals surface area contributed by atoms with Crippen LogP contribution in [0.15, 0.2) is 66.7 Å². The van der Waals surface area contributed by atoms with Crippen molar-refractivity contribution in [2.75, 3.05) is 0 Å². The van der Waals surface area contributed by atoms with Crippen molar-refractivity contribution in [1.82, 2.24) is 0 Å². The summed E-state index contributed by atoms with van der Waals surface area (Å²) >= 11 is 0. The minimum absolute atomic E-state index is 0.103. The van der Waals surface area contributed by atoms with Gasteiger partial charge in [0.1, 0.15) is 13.1 Å². The lowest BCUT2D eigenvalue weighted by Crippen LogP contribution is -2.50. The minimum atomic E-state index is -5.72. The maximum Gasteiger partial charge on any atom is 0.416 e. The van der Waals surface area contributed by atoms with Gasteiger partial charge in [-0.25, -0.2) is 0 Å². The number of hydrogen-bond acceptors (Lipinski definition) is 3. The molecule has 0 aromatic heterocycles. The van der Waals surface area contributed by atoms with Crippen LogP contribution in [0.5, 0.6) is 5.75 Å². The Bertz CT molecular complexity index is 1870. The number of halogens is 18. The molecule has 0 spiro atoms. The Hall–Kier alpha value is -4.60. The number of hydrogen-bond donors (Lipinski definition) is 0. The lowest BCUT2D eigenvalue weighted by Gasteiger charge is -2.30. The Morgan fingerprint density at radius 1 is 0.365 bits per heavy atom. The van der Waals surface area contributed by atoms with Gasteiger partial charge < -0.3 is 14.7 Å². The van der Waals surface area contributed by atoms with Crippen LogP contribution in [0, 0.1) is 0 Å². The molecule has 0 aliphatic carbocycles. The highest BCUT2D eigenvalue weighted by atomic mass is 19.4. The van der Waals surface area contributed by atoms with Crippen LogP contribution in [0.2, 0.25) is 0 Å². The molecule has 280 valence electrons. The second kappa shape index (κ2) is 13.1. The summed E-state index contributed by atoms with van der Waals surface area (Å²) in [7, 11) is -3.58. The molecule has 0 aliphatic heterocycles. The summed E-state index contributed by atoms with van der Waals surface area (Å²) in [5.74, 6) is -1.44. The third-order valence-electron chi connectivity index (χ3n) is 7.04. The maximum absolute atomic E-state index is 13.9. The molecule has 4 rings (SSSR count). The fourth-order valence-electron chi connectivity index (χ4n) is 4.92. The van der Waals surface area contributed by atoms with Gasteiger partial charge in [0.05, 0.1) is 33.4 Å². The first-order chi connectivity index (χ1) is 23.4. The van der Waals surface area contributed by atoms with Crippen LogP contribution in [0.4, 0.5) is 79.0 Å². The second-order valence-corrected chi connectivity index (χ2v) is 10.7. The van der Waals surface area contributed by atoms with Crippen molar-refractivity contribution >= 4 is 7.32 Å². The van der Waals surface area contributed by atoms with Crippen LogP contribution < -0.4 is 14.7 Å². The lowest BCUT2D eigenvalue weighted by molar-refractivity contribution is -0.372. The van der Waals surface area contributed by atoms with E-state index < -0.39 is 135 Å². The van der Waals surface area contributed by atoms with E-state index in [2.05, 4.69) is 4.65 Å². The topological polar surface area (TPSA) is 55.3 Å². The Kier molecular flexibility index (Phi) is 10.1. The minimum Gasteiger partial charge on any atom is -0.860 e. The molecule has 0 aliphatic rings. The number of benzene rings is 4. The van der Waals surface area contributed by atoms with E-state index in [-0.39, 0.29) is 42.5 Å². The predicted octanol–water partition coefficient (Wildman–Crippen LogP) is 9.88. The third kappa shape index (κ3) is 8.88. The molecule has 4 aromatic carbocycles. The molecule has 0 atom stereocenters. The van der Waals surface area contributed by atoms with Gasteiger partial charge in [0.25, 0.3) is 0 Å². The fourth-order valence-corrected chi connectivity index (χ4v) is 4.92. The van der Waals surface area contributed by atoms with Gasteiger partial charge in [0.15, 0.2) is 0 Å². The molecule has 4 aromatic rings. The molecule has 0 N–H and O–H groups in total. The summed E-state index contributed by atoms with van der Waals surface area (Å²) in [5.41, 5.74) is -21.7. The van der Waals surface area contributed by atoms with Gasteiger partial charge in [-0.05, 0) is 82.9 Å². The molecule has 52 heavy (non-hydrogen) atoms. The molecule has 0 unspecified atom stereocenters. The molecule has 0 fully saturated rings. The van der Waals surface area contributed by atoms with E-state index in [0.717, 1.165) is 0 Å². The first kappa shape index (κ1) is 40.2. The summed E-state index contributed by atoms with van der Waals surface area (Å²) in [6.45, 7) is 0. The Labute approximate surface area is 277 Å². The van der Waals surface area contributed by atoms with Crippen molar-refractivity contribution in [2.45, 2.75) is 37.1 Å². The Balaban J connectivity index is 2.38. The zero-order valence-electron chi connectivity index (χ0n) is 24.5. The van der Waals surface area contributed by atoms with Crippen molar-refractivity contribution in [3.63, 3.8) is 0 Å². The number of rotatable bonds is 5. The van der Waals surface area contributed by atoms with E-state index in [9.17, 15) is 89.1 Å². The molecule has 0 bridgehead atoms. The molecular formula is C30H11BF18O3-2. The molecule has 3 nitrogen and oxygen atoms in total. The third-order valence-corrected chi connectivity index (χ3v) is 7.04. The standard InChI is InChI=1S/C30H11BF18O3/c32-25(33,34)15-3-12(4-16(9-15)26(35,36)37)21-1-2-22(52-31(50)51)24(14-7-19(29(44,45)46)11-20(8-14)30(47,48)49)23(21)13-5-17(27(38,39)40)10-18(6-13)28(41,42)43/h1-11H/q-2. The second-order valence-electron chi connectivity index (χ2n) is 10.7.